The number of halogens is 7. The van der Waals surface area contributed by atoms with E-state index >= 15 is 0 Å². The van der Waals surface area contributed by atoms with Gasteiger partial charge in [-0.05, 0) is 36.4 Å². The number of carbonyl (C=O) groups is 1. The van der Waals surface area contributed by atoms with Gasteiger partial charge in [0.15, 0.2) is 14.7 Å². The van der Waals surface area contributed by atoms with Crippen molar-refractivity contribution in [2.24, 2.45) is 0 Å². The maximum absolute atomic E-state index is 13.8. The molecule has 0 bridgehead atoms. The van der Waals surface area contributed by atoms with Crippen LogP contribution in [-0.2, 0) is 15.6 Å². The van der Waals surface area contributed by atoms with Gasteiger partial charge in [0.05, 0.1) is 16.5 Å². The lowest BCUT2D eigenvalue weighted by molar-refractivity contribution is -0.413. The SMILES string of the molecule is O=C(OC(F)(C(F)(F)F)C(F)(F)F)c1cccc([S+](c2ccccc2)c2ccccc2)c1. The van der Waals surface area contributed by atoms with Crippen molar-refractivity contribution >= 4 is 16.9 Å². The maximum Gasteiger partial charge on any atom is 0.470 e. The van der Waals surface area contributed by atoms with E-state index in [9.17, 15) is 35.5 Å². The number of hydrogen-bond acceptors (Lipinski definition) is 2. The first-order valence-electron chi connectivity index (χ1n) is 8.94. The Morgan fingerprint density at radius 3 is 1.50 bits per heavy atom. The van der Waals surface area contributed by atoms with Gasteiger partial charge in [-0.25, -0.2) is 4.79 Å². The quantitative estimate of drug-likeness (QED) is 0.232. The van der Waals surface area contributed by atoms with Crippen LogP contribution < -0.4 is 0 Å². The summed E-state index contributed by atoms with van der Waals surface area (Å²) in [4.78, 5) is 14.1. The second-order valence-electron chi connectivity index (χ2n) is 6.44. The summed E-state index contributed by atoms with van der Waals surface area (Å²) in [5, 5.41) is 0. The molecule has 0 amide bonds. The molecule has 2 nitrogen and oxygen atoms in total. The first kappa shape index (κ1) is 23.6. The summed E-state index contributed by atoms with van der Waals surface area (Å²) in [6.45, 7) is 0. The van der Waals surface area contributed by atoms with Crippen LogP contribution in [0.2, 0.25) is 0 Å². The van der Waals surface area contributed by atoms with E-state index in [-0.39, 0.29) is 0 Å². The van der Waals surface area contributed by atoms with Crippen LogP contribution in [0.1, 0.15) is 10.4 Å². The van der Waals surface area contributed by atoms with Crippen LogP contribution >= 0.6 is 0 Å². The lowest BCUT2D eigenvalue weighted by Crippen LogP contribution is -2.56. The van der Waals surface area contributed by atoms with Crippen LogP contribution in [0.3, 0.4) is 0 Å². The molecule has 0 atom stereocenters. The number of benzene rings is 3. The normalized spacial score (nSPS) is 12.6. The molecule has 168 valence electrons. The summed E-state index contributed by atoms with van der Waals surface area (Å²) in [7, 11) is -0.845. The molecule has 3 aromatic rings. The minimum Gasteiger partial charge on any atom is -0.409 e. The Morgan fingerprint density at radius 2 is 1.06 bits per heavy atom. The highest BCUT2D eigenvalue weighted by Gasteiger charge is 2.76. The summed E-state index contributed by atoms with van der Waals surface area (Å²) >= 11 is 0. The molecular formula is C22H14F7O2S+. The third-order valence-electron chi connectivity index (χ3n) is 4.23. The average Bonchev–Trinajstić information content (AvgIpc) is 2.74. The number of esters is 1. The largest absolute Gasteiger partial charge is 0.470 e. The van der Waals surface area contributed by atoms with Gasteiger partial charge in [-0.3, -0.25) is 0 Å². The fourth-order valence-electron chi connectivity index (χ4n) is 2.73. The van der Waals surface area contributed by atoms with E-state index in [1.54, 1.807) is 66.7 Å². The Bertz CT molecular complexity index is 1010. The van der Waals surface area contributed by atoms with Crippen LogP contribution in [0.5, 0.6) is 0 Å². The standard InChI is InChI=1S/C22H14F7O2S/c23-20(21(24,25)26,22(27,28)29)31-19(30)15-8-7-13-18(14-15)32(16-9-3-1-4-10-16)17-11-5-2-6-12-17/h1-14H/q+1. The van der Waals surface area contributed by atoms with E-state index in [2.05, 4.69) is 4.74 Å². The van der Waals surface area contributed by atoms with E-state index < -0.39 is 40.6 Å². The Labute approximate surface area is 181 Å². The minimum atomic E-state index is -6.50. The summed E-state index contributed by atoms with van der Waals surface area (Å²) in [6.07, 6.45) is -13.0. The van der Waals surface area contributed by atoms with Crippen molar-refractivity contribution in [2.45, 2.75) is 32.9 Å². The lowest BCUT2D eigenvalue weighted by atomic mass is 10.2. The molecule has 0 aliphatic rings. The molecule has 3 rings (SSSR count). The third-order valence-corrected chi connectivity index (χ3v) is 6.44. The molecule has 0 saturated carbocycles. The smallest absolute Gasteiger partial charge is 0.409 e. The van der Waals surface area contributed by atoms with Crippen molar-refractivity contribution in [1.29, 1.82) is 0 Å². The Hall–Kier alpha value is -3.01. The molecule has 0 unspecified atom stereocenters. The number of hydrogen-bond donors (Lipinski definition) is 0. The van der Waals surface area contributed by atoms with E-state index in [1.165, 1.54) is 6.07 Å². The average molecular weight is 475 g/mol. The molecule has 0 aliphatic heterocycles. The lowest BCUT2D eigenvalue weighted by Gasteiger charge is -2.28. The van der Waals surface area contributed by atoms with Crippen molar-refractivity contribution < 1.29 is 40.3 Å². The van der Waals surface area contributed by atoms with Gasteiger partial charge < -0.3 is 4.74 Å². The summed E-state index contributed by atoms with van der Waals surface area (Å²) in [5.74, 6) is -8.22. The molecule has 3 aromatic carbocycles. The van der Waals surface area contributed by atoms with Gasteiger partial charge in [0.2, 0.25) is 0 Å². The Balaban J connectivity index is 2.02. The number of rotatable bonds is 5. The van der Waals surface area contributed by atoms with Gasteiger partial charge in [-0.15, -0.1) is 0 Å². The third kappa shape index (κ3) is 4.74. The molecule has 0 N–H and O–H groups in total. The van der Waals surface area contributed by atoms with Crippen molar-refractivity contribution in [1.82, 2.24) is 0 Å². The minimum absolute atomic E-state index is 0.417. The van der Waals surface area contributed by atoms with Crippen LogP contribution in [-0.4, -0.2) is 24.2 Å². The molecule has 32 heavy (non-hydrogen) atoms. The number of alkyl halides is 7. The first-order valence-corrected chi connectivity index (χ1v) is 10.2. The summed E-state index contributed by atoms with van der Waals surface area (Å²) in [6, 6.07) is 22.7. The van der Waals surface area contributed by atoms with E-state index in [1.807, 2.05) is 0 Å². The first-order chi connectivity index (χ1) is 14.9. The molecule has 0 radical (unpaired) electrons. The molecule has 0 fully saturated rings. The van der Waals surface area contributed by atoms with Gasteiger partial charge in [0, 0.05) is 6.07 Å². The van der Waals surface area contributed by atoms with Crippen LogP contribution in [0.15, 0.2) is 99.6 Å². The molecule has 0 saturated heterocycles. The highest BCUT2D eigenvalue weighted by atomic mass is 32.2. The molecule has 0 aliphatic carbocycles. The van der Waals surface area contributed by atoms with Gasteiger partial charge in [0.25, 0.3) is 0 Å². The molecule has 0 spiro atoms. The highest BCUT2D eigenvalue weighted by molar-refractivity contribution is 7.97. The zero-order valence-corrected chi connectivity index (χ0v) is 16.8. The second kappa shape index (κ2) is 8.85. The fourth-order valence-corrected chi connectivity index (χ4v) is 4.87. The van der Waals surface area contributed by atoms with Crippen molar-refractivity contribution in [3.8, 4) is 0 Å². The summed E-state index contributed by atoms with van der Waals surface area (Å²) < 4.78 is 93.7. The number of carbonyl (C=O) groups excluding carboxylic acids is 1. The van der Waals surface area contributed by atoms with E-state index in [4.69, 9.17) is 0 Å². The van der Waals surface area contributed by atoms with Crippen molar-refractivity contribution in [3.05, 3.63) is 90.5 Å². The fraction of sp³-hybridized carbons (Fsp3) is 0.136. The van der Waals surface area contributed by atoms with Crippen LogP contribution in [0, 0.1) is 0 Å². The number of ether oxygens (including phenoxy) is 1. The predicted molar refractivity (Wildman–Crippen MR) is 103 cm³/mol. The van der Waals surface area contributed by atoms with E-state index in [0.29, 0.717) is 4.90 Å². The van der Waals surface area contributed by atoms with Crippen molar-refractivity contribution in [3.63, 3.8) is 0 Å². The zero-order valence-electron chi connectivity index (χ0n) is 16.0. The molecule has 0 aromatic heterocycles. The Kier molecular flexibility index (Phi) is 6.54. The summed E-state index contributed by atoms with van der Waals surface area (Å²) in [5.41, 5.74) is -0.651. The van der Waals surface area contributed by atoms with Gasteiger partial charge in [-0.1, -0.05) is 42.5 Å². The van der Waals surface area contributed by atoms with Crippen LogP contribution in [0.25, 0.3) is 0 Å². The maximum atomic E-state index is 13.8. The van der Waals surface area contributed by atoms with E-state index in [0.717, 1.165) is 21.9 Å². The van der Waals surface area contributed by atoms with Crippen molar-refractivity contribution in [2.75, 3.05) is 0 Å². The molecular weight excluding hydrogens is 461 g/mol. The van der Waals surface area contributed by atoms with Gasteiger partial charge in [-0.2, -0.15) is 30.7 Å². The van der Waals surface area contributed by atoms with Crippen LogP contribution in [0.4, 0.5) is 30.7 Å². The Morgan fingerprint density at radius 1 is 0.625 bits per heavy atom. The van der Waals surface area contributed by atoms with Gasteiger partial charge >= 0.3 is 24.2 Å². The topological polar surface area (TPSA) is 26.3 Å². The van der Waals surface area contributed by atoms with Gasteiger partial charge in [0.1, 0.15) is 0 Å². The molecule has 10 heteroatoms. The zero-order chi connectivity index (χ0) is 23.6. The molecule has 0 heterocycles. The second-order valence-corrected chi connectivity index (χ2v) is 8.47. The predicted octanol–water partition coefficient (Wildman–Crippen LogP) is 6.73. The monoisotopic (exact) mass is 475 g/mol. The highest BCUT2D eigenvalue weighted by Crippen LogP contribution is 2.47.